The topological polar surface area (TPSA) is 105 Å². The van der Waals surface area contributed by atoms with Crippen LogP contribution >= 0.6 is 0 Å². The first kappa shape index (κ1) is 21.5. The standard InChI is InChI=1S/C26H28N2O5/c29-24(30)12-23(25(31)27-13-16-11-21(16)15-9-10-15)28-26(32)33-14-22-19-7-3-1-5-17(19)18-6-2-4-8-20(18)22/h1-8,15-16,21-23H,9-14H2,(H,27,31)(H,28,32)(H,29,30). The summed E-state index contributed by atoms with van der Waals surface area (Å²) in [6.07, 6.45) is 2.39. The number of hydrogen-bond donors (Lipinski definition) is 3. The summed E-state index contributed by atoms with van der Waals surface area (Å²) in [4.78, 5) is 36.4. The molecule has 2 aromatic carbocycles. The minimum Gasteiger partial charge on any atom is -0.481 e. The summed E-state index contributed by atoms with van der Waals surface area (Å²) in [7, 11) is 0. The molecule has 2 amide bonds. The van der Waals surface area contributed by atoms with Crippen LogP contribution in [0, 0.1) is 17.8 Å². The number of carbonyl (C=O) groups excluding carboxylic acids is 2. The Kier molecular flexibility index (Phi) is 5.79. The third-order valence-electron chi connectivity index (χ3n) is 7.07. The molecule has 0 spiro atoms. The van der Waals surface area contributed by atoms with E-state index in [9.17, 15) is 19.5 Å². The summed E-state index contributed by atoms with van der Waals surface area (Å²) in [6, 6.07) is 14.9. The number of benzene rings is 2. The van der Waals surface area contributed by atoms with Crippen LogP contribution in [0.25, 0.3) is 11.1 Å². The van der Waals surface area contributed by atoms with Crippen molar-refractivity contribution in [2.45, 2.75) is 37.6 Å². The second-order valence-corrected chi connectivity index (χ2v) is 9.36. The van der Waals surface area contributed by atoms with E-state index in [1.165, 1.54) is 12.8 Å². The minimum absolute atomic E-state index is 0.104. The molecule has 3 aliphatic rings. The van der Waals surface area contributed by atoms with E-state index in [-0.39, 0.29) is 12.5 Å². The molecule has 3 unspecified atom stereocenters. The first-order valence-electron chi connectivity index (χ1n) is 11.6. The van der Waals surface area contributed by atoms with Crippen LogP contribution in [-0.2, 0) is 14.3 Å². The van der Waals surface area contributed by atoms with Crippen LogP contribution in [0.4, 0.5) is 4.79 Å². The first-order valence-corrected chi connectivity index (χ1v) is 11.6. The van der Waals surface area contributed by atoms with Gasteiger partial charge in [-0.3, -0.25) is 9.59 Å². The second kappa shape index (κ2) is 8.89. The van der Waals surface area contributed by atoms with Gasteiger partial charge in [0.1, 0.15) is 12.6 Å². The number of carboxylic acids is 1. The molecule has 33 heavy (non-hydrogen) atoms. The summed E-state index contributed by atoms with van der Waals surface area (Å²) in [5, 5.41) is 14.5. The van der Waals surface area contributed by atoms with Crippen molar-refractivity contribution in [3.05, 3.63) is 59.7 Å². The Balaban J connectivity index is 1.18. The molecule has 2 fully saturated rings. The van der Waals surface area contributed by atoms with E-state index >= 15 is 0 Å². The van der Waals surface area contributed by atoms with Crippen molar-refractivity contribution in [1.29, 1.82) is 0 Å². The van der Waals surface area contributed by atoms with Gasteiger partial charge in [0.2, 0.25) is 5.91 Å². The highest BCUT2D eigenvalue weighted by atomic mass is 16.5. The van der Waals surface area contributed by atoms with E-state index in [0.29, 0.717) is 18.4 Å². The molecule has 0 bridgehead atoms. The van der Waals surface area contributed by atoms with Crippen molar-refractivity contribution in [1.82, 2.24) is 10.6 Å². The van der Waals surface area contributed by atoms with Crippen molar-refractivity contribution in [3.8, 4) is 11.1 Å². The quantitative estimate of drug-likeness (QED) is 0.544. The number of alkyl carbamates (subject to hydrolysis) is 1. The minimum atomic E-state index is -1.17. The summed E-state index contributed by atoms with van der Waals surface area (Å²) >= 11 is 0. The fourth-order valence-corrected chi connectivity index (χ4v) is 5.13. The van der Waals surface area contributed by atoms with Crippen LogP contribution < -0.4 is 10.6 Å². The Morgan fingerprint density at radius 1 is 1.00 bits per heavy atom. The maximum absolute atomic E-state index is 12.6. The second-order valence-electron chi connectivity index (χ2n) is 9.36. The van der Waals surface area contributed by atoms with Crippen molar-refractivity contribution in [3.63, 3.8) is 0 Å². The lowest BCUT2D eigenvalue weighted by atomic mass is 9.98. The van der Waals surface area contributed by atoms with E-state index in [1.54, 1.807) is 0 Å². The maximum atomic E-state index is 12.6. The van der Waals surface area contributed by atoms with Gasteiger partial charge in [0.05, 0.1) is 6.42 Å². The van der Waals surface area contributed by atoms with Gasteiger partial charge >= 0.3 is 12.1 Å². The highest BCUT2D eigenvalue weighted by Crippen LogP contribution is 2.54. The Bertz CT molecular complexity index is 1030. The number of fused-ring (bicyclic) bond motifs is 3. The third-order valence-corrected chi connectivity index (χ3v) is 7.07. The lowest BCUT2D eigenvalue weighted by Crippen LogP contribution is -2.48. The van der Waals surface area contributed by atoms with Crippen LogP contribution in [0.2, 0.25) is 0 Å². The number of amides is 2. The molecule has 3 atom stereocenters. The fraction of sp³-hybridized carbons (Fsp3) is 0.423. The molecule has 0 radical (unpaired) electrons. The Morgan fingerprint density at radius 2 is 1.64 bits per heavy atom. The van der Waals surface area contributed by atoms with E-state index in [4.69, 9.17) is 4.74 Å². The largest absolute Gasteiger partial charge is 0.481 e. The van der Waals surface area contributed by atoms with Crippen LogP contribution in [0.1, 0.15) is 42.7 Å². The van der Waals surface area contributed by atoms with Gasteiger partial charge in [0, 0.05) is 12.5 Å². The van der Waals surface area contributed by atoms with Gasteiger partial charge in [-0.25, -0.2) is 4.79 Å². The zero-order valence-electron chi connectivity index (χ0n) is 18.3. The summed E-state index contributed by atoms with van der Waals surface area (Å²) in [6.45, 7) is 0.634. The molecule has 172 valence electrons. The summed E-state index contributed by atoms with van der Waals surface area (Å²) in [5.74, 6) is 0.230. The smallest absolute Gasteiger partial charge is 0.407 e. The van der Waals surface area contributed by atoms with Crippen LogP contribution in [0.3, 0.4) is 0 Å². The molecule has 7 nitrogen and oxygen atoms in total. The lowest BCUT2D eigenvalue weighted by molar-refractivity contribution is -0.139. The highest BCUT2D eigenvalue weighted by molar-refractivity contribution is 5.89. The Labute approximate surface area is 192 Å². The lowest BCUT2D eigenvalue weighted by Gasteiger charge is -2.18. The predicted molar refractivity (Wildman–Crippen MR) is 122 cm³/mol. The Morgan fingerprint density at radius 3 is 2.24 bits per heavy atom. The van der Waals surface area contributed by atoms with Gasteiger partial charge in [0.25, 0.3) is 0 Å². The molecule has 3 aliphatic carbocycles. The van der Waals surface area contributed by atoms with Crippen LogP contribution in [0.5, 0.6) is 0 Å². The first-order chi connectivity index (χ1) is 16.0. The Hall–Kier alpha value is -3.35. The predicted octanol–water partition coefficient (Wildman–Crippen LogP) is 3.53. The average molecular weight is 449 g/mol. The summed E-state index contributed by atoms with van der Waals surface area (Å²) in [5.41, 5.74) is 4.41. The zero-order chi connectivity index (χ0) is 22.9. The monoisotopic (exact) mass is 448 g/mol. The van der Waals surface area contributed by atoms with Crippen molar-refractivity contribution < 1.29 is 24.2 Å². The van der Waals surface area contributed by atoms with Gasteiger partial charge in [-0.1, -0.05) is 48.5 Å². The van der Waals surface area contributed by atoms with Crippen LogP contribution in [0.15, 0.2) is 48.5 Å². The van der Waals surface area contributed by atoms with E-state index in [2.05, 4.69) is 22.8 Å². The van der Waals surface area contributed by atoms with E-state index in [1.807, 2.05) is 36.4 Å². The normalized spacial score (nSPS) is 21.5. The highest BCUT2D eigenvalue weighted by Gasteiger charge is 2.47. The van der Waals surface area contributed by atoms with E-state index < -0.39 is 30.4 Å². The van der Waals surface area contributed by atoms with Gasteiger partial charge in [-0.15, -0.1) is 0 Å². The maximum Gasteiger partial charge on any atom is 0.407 e. The molecular formula is C26H28N2O5. The molecule has 0 heterocycles. The SMILES string of the molecule is O=C(O)CC(NC(=O)OCC1c2ccccc2-c2ccccc21)C(=O)NCC1CC1C1CC1. The van der Waals surface area contributed by atoms with Gasteiger partial charge in [-0.05, 0) is 59.3 Å². The molecule has 2 aromatic rings. The van der Waals surface area contributed by atoms with Crippen molar-refractivity contribution in [2.24, 2.45) is 17.8 Å². The number of nitrogens with one attached hydrogen (secondary N) is 2. The molecule has 0 aliphatic heterocycles. The number of carboxylic acid groups (broad SMARTS) is 1. The van der Waals surface area contributed by atoms with Gasteiger partial charge in [0.15, 0.2) is 0 Å². The summed E-state index contributed by atoms with van der Waals surface area (Å²) < 4.78 is 5.47. The van der Waals surface area contributed by atoms with Crippen molar-refractivity contribution >= 4 is 18.0 Å². The zero-order valence-corrected chi connectivity index (χ0v) is 18.3. The number of aliphatic carboxylic acids is 1. The van der Waals surface area contributed by atoms with Gasteiger partial charge in [-0.2, -0.15) is 0 Å². The number of rotatable bonds is 9. The number of carbonyl (C=O) groups is 3. The molecule has 7 heteroatoms. The average Bonchev–Trinajstić information content (AvgIpc) is 3.72. The molecule has 2 saturated carbocycles. The molecular weight excluding hydrogens is 420 g/mol. The molecule has 5 rings (SSSR count). The van der Waals surface area contributed by atoms with Crippen LogP contribution in [-0.4, -0.2) is 42.3 Å². The van der Waals surface area contributed by atoms with Gasteiger partial charge < -0.3 is 20.5 Å². The number of hydrogen-bond acceptors (Lipinski definition) is 4. The molecule has 0 saturated heterocycles. The number of ether oxygens (including phenoxy) is 1. The third kappa shape index (κ3) is 4.72. The van der Waals surface area contributed by atoms with E-state index in [0.717, 1.165) is 34.6 Å². The molecule has 3 N–H and O–H groups in total. The molecule has 0 aromatic heterocycles. The fourth-order valence-electron chi connectivity index (χ4n) is 5.13. The van der Waals surface area contributed by atoms with Crippen molar-refractivity contribution in [2.75, 3.05) is 13.2 Å².